The summed E-state index contributed by atoms with van der Waals surface area (Å²) in [4.78, 5) is 2.04. The summed E-state index contributed by atoms with van der Waals surface area (Å²) in [7, 11) is 0. The van der Waals surface area contributed by atoms with Gasteiger partial charge >= 0.3 is 0 Å². The second-order valence-electron chi connectivity index (χ2n) is 7.20. The molecule has 0 saturated carbocycles. The summed E-state index contributed by atoms with van der Waals surface area (Å²) in [6.07, 6.45) is -1.75. The van der Waals surface area contributed by atoms with E-state index in [-0.39, 0.29) is 18.6 Å². The predicted octanol–water partition coefficient (Wildman–Crippen LogP) is 2.28. The van der Waals surface area contributed by atoms with Gasteiger partial charge in [-0.2, -0.15) is 0 Å². The van der Waals surface area contributed by atoms with Gasteiger partial charge in [0, 0.05) is 12.6 Å². The normalized spacial score (nSPS) is 27.1. The first-order chi connectivity index (χ1) is 12.0. The van der Waals surface area contributed by atoms with Crippen molar-refractivity contribution >= 4 is 0 Å². The van der Waals surface area contributed by atoms with E-state index in [0.717, 1.165) is 11.1 Å². The molecule has 25 heavy (non-hydrogen) atoms. The topological polar surface area (TPSA) is 63.9 Å². The van der Waals surface area contributed by atoms with Gasteiger partial charge in [-0.05, 0) is 22.6 Å². The van der Waals surface area contributed by atoms with E-state index >= 15 is 0 Å². The largest absolute Gasteiger partial charge is 0.395 e. The molecule has 2 aromatic rings. The number of nitrogens with zero attached hydrogens (tertiary/aromatic N) is 1. The van der Waals surface area contributed by atoms with E-state index in [4.69, 9.17) is 0 Å². The fraction of sp³-hybridized carbons (Fsp3) is 0.429. The molecule has 0 radical (unpaired) electrons. The number of likely N-dealkylation sites (tertiary alicyclic amines) is 1. The Balaban J connectivity index is 1.80. The standard InChI is InChI=1S/C21H27NO3/c1-14(2)19-21(25)20(24)18(13-23)22(19)12-15-8-10-17(11-9-15)16-6-4-3-5-7-16/h3-11,14,18-21,23-25H,12-13H2,1-2H3/t18-,19+,20-,21+/m1/s1. The molecule has 0 unspecified atom stereocenters. The van der Waals surface area contributed by atoms with Crippen molar-refractivity contribution in [2.75, 3.05) is 6.61 Å². The molecule has 1 saturated heterocycles. The van der Waals surface area contributed by atoms with Crippen LogP contribution in [0.25, 0.3) is 11.1 Å². The van der Waals surface area contributed by atoms with E-state index in [1.807, 2.05) is 36.9 Å². The SMILES string of the molecule is CC(C)[C@H]1[C@H](O)[C@H](O)[C@@H](CO)N1Cc1ccc(-c2ccccc2)cc1. The van der Waals surface area contributed by atoms with Crippen LogP contribution in [0.1, 0.15) is 19.4 Å². The first-order valence-corrected chi connectivity index (χ1v) is 8.90. The Morgan fingerprint density at radius 3 is 2.04 bits per heavy atom. The third-order valence-corrected chi connectivity index (χ3v) is 5.20. The van der Waals surface area contributed by atoms with Gasteiger partial charge in [-0.25, -0.2) is 0 Å². The Kier molecular flexibility index (Phi) is 5.54. The summed E-state index contributed by atoms with van der Waals surface area (Å²) in [6, 6.07) is 17.9. The average molecular weight is 341 g/mol. The van der Waals surface area contributed by atoms with Crippen molar-refractivity contribution in [1.29, 1.82) is 0 Å². The smallest absolute Gasteiger partial charge is 0.0991 e. The van der Waals surface area contributed by atoms with Crippen LogP contribution in [0.5, 0.6) is 0 Å². The number of benzene rings is 2. The lowest BCUT2D eigenvalue weighted by atomic mass is 9.98. The van der Waals surface area contributed by atoms with Crippen molar-refractivity contribution in [3.05, 3.63) is 60.2 Å². The third kappa shape index (κ3) is 3.62. The van der Waals surface area contributed by atoms with E-state index in [1.165, 1.54) is 5.56 Å². The van der Waals surface area contributed by atoms with Crippen LogP contribution in [0.3, 0.4) is 0 Å². The van der Waals surface area contributed by atoms with Crippen molar-refractivity contribution in [2.45, 2.75) is 44.7 Å². The molecular formula is C21H27NO3. The van der Waals surface area contributed by atoms with Crippen LogP contribution in [0, 0.1) is 5.92 Å². The quantitative estimate of drug-likeness (QED) is 0.781. The zero-order valence-corrected chi connectivity index (χ0v) is 14.8. The molecule has 0 amide bonds. The summed E-state index contributed by atoms with van der Waals surface area (Å²) in [5.41, 5.74) is 3.43. The van der Waals surface area contributed by atoms with E-state index in [0.29, 0.717) is 6.54 Å². The lowest BCUT2D eigenvalue weighted by molar-refractivity contribution is 0.0145. The highest BCUT2D eigenvalue weighted by atomic mass is 16.3. The molecule has 4 atom stereocenters. The van der Waals surface area contributed by atoms with Crippen LogP contribution in [-0.2, 0) is 6.54 Å². The van der Waals surface area contributed by atoms with Crippen LogP contribution in [-0.4, -0.2) is 51.1 Å². The second-order valence-corrected chi connectivity index (χ2v) is 7.20. The summed E-state index contributed by atoms with van der Waals surface area (Å²) >= 11 is 0. The second kappa shape index (κ2) is 7.67. The van der Waals surface area contributed by atoms with E-state index in [2.05, 4.69) is 36.4 Å². The molecule has 0 spiro atoms. The monoisotopic (exact) mass is 341 g/mol. The molecule has 1 heterocycles. The van der Waals surface area contributed by atoms with Crippen LogP contribution >= 0.6 is 0 Å². The molecule has 0 bridgehead atoms. The van der Waals surface area contributed by atoms with Gasteiger partial charge in [0.25, 0.3) is 0 Å². The lowest BCUT2D eigenvalue weighted by Gasteiger charge is -2.32. The van der Waals surface area contributed by atoms with Gasteiger partial charge in [-0.15, -0.1) is 0 Å². The molecule has 134 valence electrons. The molecule has 1 aliphatic heterocycles. The van der Waals surface area contributed by atoms with E-state index in [1.54, 1.807) is 0 Å². The minimum atomic E-state index is -0.916. The van der Waals surface area contributed by atoms with Crippen LogP contribution in [0.15, 0.2) is 54.6 Å². The van der Waals surface area contributed by atoms with Crippen molar-refractivity contribution in [2.24, 2.45) is 5.92 Å². The van der Waals surface area contributed by atoms with Gasteiger partial charge < -0.3 is 15.3 Å². The summed E-state index contributed by atoms with van der Waals surface area (Å²) in [6.45, 7) is 4.50. The average Bonchev–Trinajstić information content (AvgIpc) is 2.86. The Labute approximate surface area is 149 Å². The van der Waals surface area contributed by atoms with Gasteiger partial charge in [0.1, 0.15) is 0 Å². The minimum absolute atomic E-state index is 0.163. The van der Waals surface area contributed by atoms with Gasteiger partial charge in [0.05, 0.1) is 24.9 Å². The maximum Gasteiger partial charge on any atom is 0.0991 e. The molecule has 4 nitrogen and oxygen atoms in total. The number of aliphatic hydroxyl groups excluding tert-OH is 3. The Morgan fingerprint density at radius 2 is 1.48 bits per heavy atom. The fourth-order valence-electron chi connectivity index (χ4n) is 3.90. The van der Waals surface area contributed by atoms with E-state index in [9.17, 15) is 15.3 Å². The predicted molar refractivity (Wildman–Crippen MR) is 98.9 cm³/mol. The highest BCUT2D eigenvalue weighted by Crippen LogP contribution is 2.32. The van der Waals surface area contributed by atoms with Crippen molar-refractivity contribution in [3.8, 4) is 11.1 Å². The van der Waals surface area contributed by atoms with Gasteiger partial charge in [-0.1, -0.05) is 68.4 Å². The van der Waals surface area contributed by atoms with E-state index < -0.39 is 18.2 Å². The molecule has 0 aliphatic carbocycles. The Hall–Kier alpha value is -1.72. The molecular weight excluding hydrogens is 314 g/mol. The summed E-state index contributed by atoms with van der Waals surface area (Å²) in [5, 5.41) is 30.3. The molecule has 3 N–H and O–H groups in total. The van der Waals surface area contributed by atoms with Crippen LogP contribution < -0.4 is 0 Å². The maximum atomic E-state index is 10.4. The first-order valence-electron chi connectivity index (χ1n) is 8.90. The molecule has 1 fully saturated rings. The molecule has 4 heteroatoms. The Morgan fingerprint density at radius 1 is 0.880 bits per heavy atom. The van der Waals surface area contributed by atoms with Crippen LogP contribution in [0.2, 0.25) is 0 Å². The summed E-state index contributed by atoms with van der Waals surface area (Å²) in [5.74, 6) is 0.185. The number of hydrogen-bond acceptors (Lipinski definition) is 4. The number of rotatable bonds is 5. The minimum Gasteiger partial charge on any atom is -0.395 e. The summed E-state index contributed by atoms with van der Waals surface area (Å²) < 4.78 is 0. The maximum absolute atomic E-state index is 10.4. The zero-order chi connectivity index (χ0) is 18.0. The molecule has 1 aliphatic rings. The highest BCUT2D eigenvalue weighted by molar-refractivity contribution is 5.63. The number of aliphatic hydroxyl groups is 3. The van der Waals surface area contributed by atoms with Gasteiger partial charge in [0.2, 0.25) is 0 Å². The van der Waals surface area contributed by atoms with Crippen LogP contribution in [0.4, 0.5) is 0 Å². The van der Waals surface area contributed by atoms with Gasteiger partial charge in [0.15, 0.2) is 0 Å². The zero-order valence-electron chi connectivity index (χ0n) is 14.8. The highest BCUT2D eigenvalue weighted by Gasteiger charge is 2.48. The van der Waals surface area contributed by atoms with Crippen molar-refractivity contribution < 1.29 is 15.3 Å². The fourth-order valence-corrected chi connectivity index (χ4v) is 3.90. The number of hydrogen-bond donors (Lipinski definition) is 3. The first kappa shape index (κ1) is 18.1. The lowest BCUT2D eigenvalue weighted by Crippen LogP contribution is -2.43. The molecule has 2 aromatic carbocycles. The molecule has 0 aromatic heterocycles. The Bertz CT molecular complexity index is 671. The van der Waals surface area contributed by atoms with Gasteiger partial charge in [-0.3, -0.25) is 4.90 Å². The van der Waals surface area contributed by atoms with Crippen molar-refractivity contribution in [1.82, 2.24) is 4.90 Å². The molecule has 3 rings (SSSR count). The third-order valence-electron chi connectivity index (χ3n) is 5.20. The van der Waals surface area contributed by atoms with Crippen molar-refractivity contribution in [3.63, 3.8) is 0 Å².